The maximum atomic E-state index is 11.7. The van der Waals surface area contributed by atoms with Crippen LogP contribution in [-0.2, 0) is 11.4 Å². The number of hydrogen-bond acceptors (Lipinski definition) is 5. The minimum Gasteiger partial charge on any atom is -0.488 e. The Hall–Kier alpha value is -3.18. The molecule has 0 aliphatic rings. The summed E-state index contributed by atoms with van der Waals surface area (Å²) in [4.78, 5) is 14.1. The van der Waals surface area contributed by atoms with Crippen molar-refractivity contribution < 1.29 is 14.1 Å². The van der Waals surface area contributed by atoms with E-state index in [-0.39, 0.29) is 11.7 Å². The minimum absolute atomic E-state index is 0.107. The molecule has 4 rings (SSSR count). The van der Waals surface area contributed by atoms with E-state index in [2.05, 4.69) is 48.5 Å². The highest BCUT2D eigenvalue weighted by molar-refractivity contribution is 7.15. The zero-order valence-corrected chi connectivity index (χ0v) is 17.8. The molecule has 4 aromatic rings. The first-order valence-corrected chi connectivity index (χ1v) is 10.7. The fraction of sp³-hybridized carbons (Fsp3) is 0.200. The summed E-state index contributed by atoms with van der Waals surface area (Å²) in [7, 11) is 0. The zero-order valence-electron chi connectivity index (χ0n) is 17.0. The predicted molar refractivity (Wildman–Crippen MR) is 119 cm³/mol. The number of aromatic nitrogens is 1. The van der Waals surface area contributed by atoms with Crippen LogP contribution in [0.3, 0.4) is 0 Å². The molecule has 2 aromatic carbocycles. The van der Waals surface area contributed by atoms with Crippen molar-refractivity contribution in [2.45, 2.75) is 32.8 Å². The van der Waals surface area contributed by atoms with Gasteiger partial charge in [-0.3, -0.25) is 4.79 Å². The molecule has 5 heteroatoms. The maximum Gasteiger partial charge on any atom is 0.130 e. The zero-order chi connectivity index (χ0) is 20.9. The topological polar surface area (TPSA) is 52.3 Å². The van der Waals surface area contributed by atoms with Crippen molar-refractivity contribution >= 4 is 17.1 Å². The van der Waals surface area contributed by atoms with Crippen molar-refractivity contribution in [3.63, 3.8) is 0 Å². The number of nitrogens with zero attached hydrogens (tertiary/aromatic N) is 1. The van der Waals surface area contributed by atoms with E-state index in [1.807, 2.05) is 24.3 Å². The van der Waals surface area contributed by atoms with Crippen LogP contribution in [0, 0.1) is 6.92 Å². The highest BCUT2D eigenvalue weighted by Crippen LogP contribution is 2.31. The predicted octanol–water partition coefficient (Wildman–Crippen LogP) is 6.40. The van der Waals surface area contributed by atoms with E-state index >= 15 is 0 Å². The van der Waals surface area contributed by atoms with Crippen molar-refractivity contribution in [3.8, 4) is 16.2 Å². The lowest BCUT2D eigenvalue weighted by Crippen LogP contribution is -2.06. The van der Waals surface area contributed by atoms with Gasteiger partial charge in [-0.1, -0.05) is 47.1 Å². The molecule has 0 aliphatic heterocycles. The molecular formula is C25H23NO3S. The molecule has 0 spiro atoms. The SMILES string of the molecule is CC(=O)C[C@@H](c1ccc(OCc2ccc(-c3ccc(C)cc3)s2)cc1)c1ccon1. The van der Waals surface area contributed by atoms with Gasteiger partial charge in [-0.15, -0.1) is 11.3 Å². The van der Waals surface area contributed by atoms with Crippen LogP contribution in [0.2, 0.25) is 0 Å². The van der Waals surface area contributed by atoms with Gasteiger partial charge in [0, 0.05) is 28.2 Å². The number of aryl methyl sites for hydroxylation is 1. The molecule has 4 nitrogen and oxygen atoms in total. The van der Waals surface area contributed by atoms with E-state index in [0.717, 1.165) is 17.0 Å². The summed E-state index contributed by atoms with van der Waals surface area (Å²) in [5, 5.41) is 4.02. The smallest absolute Gasteiger partial charge is 0.130 e. The standard InChI is InChI=1S/C25H23NO3S/c1-17-3-5-20(6-4-17)25-12-11-22(30-25)16-28-21-9-7-19(8-10-21)23(15-18(2)27)24-13-14-29-26-24/h3-14,23H,15-16H2,1-2H3/t23-/m0/s1. The number of rotatable bonds is 8. The van der Waals surface area contributed by atoms with E-state index in [9.17, 15) is 4.79 Å². The molecule has 0 amide bonds. The summed E-state index contributed by atoms with van der Waals surface area (Å²) in [5.41, 5.74) is 4.27. The Balaban J connectivity index is 1.41. The summed E-state index contributed by atoms with van der Waals surface area (Å²) in [6, 6.07) is 22.5. The first-order chi connectivity index (χ1) is 14.6. The molecule has 2 heterocycles. The van der Waals surface area contributed by atoms with Crippen molar-refractivity contribution in [2.24, 2.45) is 0 Å². The van der Waals surface area contributed by atoms with Gasteiger partial charge >= 0.3 is 0 Å². The van der Waals surface area contributed by atoms with Gasteiger partial charge in [0.25, 0.3) is 0 Å². The van der Waals surface area contributed by atoms with Gasteiger partial charge in [0.05, 0.1) is 5.69 Å². The fourth-order valence-corrected chi connectivity index (χ4v) is 4.29. The molecule has 0 fully saturated rings. The Morgan fingerprint density at radius 3 is 2.47 bits per heavy atom. The van der Waals surface area contributed by atoms with E-state index in [0.29, 0.717) is 13.0 Å². The third-order valence-corrected chi connectivity index (χ3v) is 6.08. The maximum absolute atomic E-state index is 11.7. The summed E-state index contributed by atoms with van der Waals surface area (Å²) >= 11 is 1.74. The van der Waals surface area contributed by atoms with E-state index in [4.69, 9.17) is 9.26 Å². The highest BCUT2D eigenvalue weighted by atomic mass is 32.1. The van der Waals surface area contributed by atoms with Crippen molar-refractivity contribution in [3.05, 3.63) is 94.7 Å². The number of ether oxygens (including phenoxy) is 1. The molecule has 0 N–H and O–H groups in total. The Labute approximate surface area is 180 Å². The Morgan fingerprint density at radius 2 is 1.80 bits per heavy atom. The first-order valence-electron chi connectivity index (χ1n) is 9.87. The van der Waals surface area contributed by atoms with Crippen LogP contribution < -0.4 is 4.74 Å². The molecule has 0 unspecified atom stereocenters. The largest absolute Gasteiger partial charge is 0.488 e. The first kappa shape index (κ1) is 20.1. The minimum atomic E-state index is -0.107. The van der Waals surface area contributed by atoms with Crippen LogP contribution in [0.5, 0.6) is 5.75 Å². The van der Waals surface area contributed by atoms with Gasteiger partial charge in [0.1, 0.15) is 24.4 Å². The number of Topliss-reactive ketones (excluding diaryl/α,β-unsaturated/α-hetero) is 1. The number of hydrogen-bond donors (Lipinski definition) is 0. The second-order valence-electron chi connectivity index (χ2n) is 7.37. The van der Waals surface area contributed by atoms with Gasteiger partial charge in [-0.2, -0.15) is 0 Å². The van der Waals surface area contributed by atoms with Gasteiger partial charge in [0.15, 0.2) is 0 Å². The van der Waals surface area contributed by atoms with Crippen molar-refractivity contribution in [1.29, 1.82) is 0 Å². The van der Waals surface area contributed by atoms with Gasteiger partial charge < -0.3 is 9.26 Å². The Bertz CT molecular complexity index is 1100. The number of carbonyl (C=O) groups excluding carboxylic acids is 1. The average Bonchev–Trinajstić information content (AvgIpc) is 3.44. The normalized spacial score (nSPS) is 11.9. The second-order valence-corrected chi connectivity index (χ2v) is 8.54. The molecule has 0 aliphatic carbocycles. The third kappa shape index (κ3) is 4.86. The molecule has 0 saturated heterocycles. The molecule has 152 valence electrons. The summed E-state index contributed by atoms with van der Waals surface area (Å²) in [6.45, 7) is 4.21. The van der Waals surface area contributed by atoms with Crippen LogP contribution in [0.15, 0.2) is 77.5 Å². The summed E-state index contributed by atoms with van der Waals surface area (Å²) < 4.78 is 10.9. The highest BCUT2D eigenvalue weighted by Gasteiger charge is 2.19. The lowest BCUT2D eigenvalue weighted by atomic mass is 9.91. The van der Waals surface area contributed by atoms with Crippen LogP contribution in [0.25, 0.3) is 10.4 Å². The molecule has 30 heavy (non-hydrogen) atoms. The summed E-state index contributed by atoms with van der Waals surface area (Å²) in [6.07, 6.45) is 1.93. The number of thiophene rings is 1. The molecule has 0 bridgehead atoms. The lowest BCUT2D eigenvalue weighted by molar-refractivity contribution is -0.117. The van der Waals surface area contributed by atoms with E-state index in [1.54, 1.807) is 24.3 Å². The second kappa shape index (κ2) is 9.09. The molecule has 0 radical (unpaired) electrons. The monoisotopic (exact) mass is 417 g/mol. The molecule has 0 saturated carbocycles. The molecule has 1 atom stereocenters. The van der Waals surface area contributed by atoms with Gasteiger partial charge in [-0.05, 0) is 49.2 Å². The molecule has 2 aromatic heterocycles. The van der Waals surface area contributed by atoms with E-state index < -0.39 is 0 Å². The fourth-order valence-electron chi connectivity index (χ4n) is 3.36. The lowest BCUT2D eigenvalue weighted by Gasteiger charge is -2.14. The van der Waals surface area contributed by atoms with Crippen molar-refractivity contribution in [2.75, 3.05) is 0 Å². The number of benzene rings is 2. The Morgan fingerprint density at radius 1 is 1.03 bits per heavy atom. The van der Waals surface area contributed by atoms with Crippen LogP contribution in [-0.4, -0.2) is 10.9 Å². The third-order valence-electron chi connectivity index (χ3n) is 4.97. The van der Waals surface area contributed by atoms with Gasteiger partial charge in [-0.25, -0.2) is 0 Å². The van der Waals surface area contributed by atoms with Gasteiger partial charge in [0.2, 0.25) is 0 Å². The number of carbonyl (C=O) groups is 1. The quantitative estimate of drug-likeness (QED) is 0.333. The van der Waals surface area contributed by atoms with E-state index in [1.165, 1.54) is 27.1 Å². The number of ketones is 1. The van der Waals surface area contributed by atoms with Crippen LogP contribution in [0.1, 0.15) is 41.0 Å². The Kier molecular flexibility index (Phi) is 6.10. The van der Waals surface area contributed by atoms with Crippen LogP contribution >= 0.6 is 11.3 Å². The average molecular weight is 418 g/mol. The van der Waals surface area contributed by atoms with Crippen LogP contribution in [0.4, 0.5) is 0 Å². The summed E-state index contributed by atoms with van der Waals surface area (Å²) in [5.74, 6) is 0.806. The molecular weight excluding hydrogens is 394 g/mol. The van der Waals surface area contributed by atoms with Crippen molar-refractivity contribution in [1.82, 2.24) is 5.16 Å².